The van der Waals surface area contributed by atoms with Crippen LogP contribution in [0.2, 0.25) is 0 Å². The largest absolute Gasteiger partial charge is 0.289 e. The quantitative estimate of drug-likeness (QED) is 0.622. The Morgan fingerprint density at radius 3 is 2.33 bits per heavy atom. The summed E-state index contributed by atoms with van der Waals surface area (Å²) < 4.78 is 24.9. The summed E-state index contributed by atoms with van der Waals surface area (Å²) in [6.07, 6.45) is 0. The van der Waals surface area contributed by atoms with Crippen molar-refractivity contribution in [1.82, 2.24) is 0 Å². The Hall–Kier alpha value is -1.94. The van der Waals surface area contributed by atoms with Gasteiger partial charge in [-0.2, -0.15) is 0 Å². The zero-order valence-electron chi connectivity index (χ0n) is 9.67. The van der Waals surface area contributed by atoms with Crippen molar-refractivity contribution >= 4 is 15.6 Å². The number of hydrogen-bond donors (Lipinski definition) is 0. The van der Waals surface area contributed by atoms with E-state index in [9.17, 15) is 13.2 Å². The highest BCUT2D eigenvalue weighted by atomic mass is 32.2. The number of aryl methyl sites for hydroxylation is 1. The molecule has 2 aromatic rings. The molecule has 0 aliphatic carbocycles. The number of sulfone groups is 1. The lowest BCUT2D eigenvalue weighted by atomic mass is 9.98. The zero-order valence-corrected chi connectivity index (χ0v) is 10.5. The minimum Gasteiger partial charge on any atom is -0.289 e. The van der Waals surface area contributed by atoms with Crippen molar-refractivity contribution in [3.63, 3.8) is 0 Å². The van der Waals surface area contributed by atoms with E-state index in [-0.39, 0.29) is 21.1 Å². The third kappa shape index (κ3) is 1.29. The first-order valence-electron chi connectivity index (χ1n) is 5.52. The number of fused-ring (bicyclic) bond motifs is 2. The number of carbonyl (C=O) groups is 1. The molecule has 1 heterocycles. The van der Waals surface area contributed by atoms with Crippen LogP contribution in [-0.2, 0) is 9.84 Å². The third-order valence-corrected chi connectivity index (χ3v) is 5.03. The lowest BCUT2D eigenvalue weighted by molar-refractivity contribution is 0.103. The molecule has 1 aliphatic heterocycles. The van der Waals surface area contributed by atoms with Crippen LogP contribution in [0.4, 0.5) is 0 Å². The van der Waals surface area contributed by atoms with E-state index >= 15 is 0 Å². The van der Waals surface area contributed by atoms with Gasteiger partial charge in [0, 0.05) is 11.1 Å². The van der Waals surface area contributed by atoms with Crippen LogP contribution in [0, 0.1) is 6.92 Å². The van der Waals surface area contributed by atoms with Crippen molar-refractivity contribution in [3.05, 3.63) is 59.2 Å². The van der Waals surface area contributed by atoms with Crippen LogP contribution >= 0.6 is 0 Å². The van der Waals surface area contributed by atoms with Gasteiger partial charge in [-0.05, 0) is 30.7 Å². The number of ketones is 1. The van der Waals surface area contributed by atoms with Gasteiger partial charge in [0.25, 0.3) is 0 Å². The molecule has 1 aliphatic rings. The van der Waals surface area contributed by atoms with Gasteiger partial charge in [0.2, 0.25) is 9.84 Å². The van der Waals surface area contributed by atoms with E-state index < -0.39 is 9.84 Å². The van der Waals surface area contributed by atoms with E-state index in [0.717, 1.165) is 0 Å². The molecule has 3 rings (SSSR count). The maximum atomic E-state index is 12.4. The second-order valence-electron chi connectivity index (χ2n) is 4.28. The van der Waals surface area contributed by atoms with Crippen LogP contribution in [0.25, 0.3) is 0 Å². The van der Waals surface area contributed by atoms with Crippen molar-refractivity contribution in [3.8, 4) is 0 Å². The maximum Gasteiger partial charge on any atom is 0.208 e. The van der Waals surface area contributed by atoms with Crippen molar-refractivity contribution < 1.29 is 13.2 Å². The maximum absolute atomic E-state index is 12.4. The van der Waals surface area contributed by atoms with E-state index in [1.54, 1.807) is 37.3 Å². The average molecular weight is 258 g/mol. The molecule has 0 aromatic heterocycles. The number of hydrogen-bond acceptors (Lipinski definition) is 3. The number of benzene rings is 2. The van der Waals surface area contributed by atoms with Crippen LogP contribution in [0.15, 0.2) is 52.3 Å². The van der Waals surface area contributed by atoms with Crippen molar-refractivity contribution in [2.24, 2.45) is 0 Å². The van der Waals surface area contributed by atoms with Gasteiger partial charge in [0.05, 0.1) is 9.79 Å². The fourth-order valence-electron chi connectivity index (χ4n) is 2.30. The monoisotopic (exact) mass is 258 g/mol. The molecule has 0 fully saturated rings. The van der Waals surface area contributed by atoms with Gasteiger partial charge in [-0.1, -0.05) is 24.3 Å². The van der Waals surface area contributed by atoms with Crippen molar-refractivity contribution in [1.29, 1.82) is 0 Å². The Labute approximate surface area is 105 Å². The Balaban J connectivity index is 2.49. The lowest BCUT2D eigenvalue weighted by Gasteiger charge is -2.19. The summed E-state index contributed by atoms with van der Waals surface area (Å²) in [5.74, 6) is -0.214. The van der Waals surface area contributed by atoms with Gasteiger partial charge in [-0.15, -0.1) is 0 Å². The van der Waals surface area contributed by atoms with E-state index in [4.69, 9.17) is 0 Å². The molecular weight excluding hydrogens is 248 g/mol. The Bertz CT molecular complexity index is 773. The molecular formula is C14H10O3S. The predicted molar refractivity (Wildman–Crippen MR) is 66.5 cm³/mol. The highest BCUT2D eigenvalue weighted by Gasteiger charge is 2.34. The summed E-state index contributed by atoms with van der Waals surface area (Å²) in [7, 11) is -3.58. The van der Waals surface area contributed by atoms with Gasteiger partial charge in [0.1, 0.15) is 0 Å². The molecule has 0 radical (unpaired) electrons. The molecule has 0 atom stereocenters. The second-order valence-corrected chi connectivity index (χ2v) is 6.16. The first-order valence-corrected chi connectivity index (χ1v) is 7.00. The molecule has 0 bridgehead atoms. The summed E-state index contributed by atoms with van der Waals surface area (Å²) in [6.45, 7) is 1.75. The van der Waals surface area contributed by atoms with Gasteiger partial charge in [0.15, 0.2) is 5.78 Å². The summed E-state index contributed by atoms with van der Waals surface area (Å²) in [6, 6.07) is 11.2. The SMILES string of the molecule is Cc1cccc2c1C(=O)c1ccccc1S2(=O)=O. The lowest BCUT2D eigenvalue weighted by Crippen LogP contribution is -2.21. The van der Waals surface area contributed by atoms with E-state index in [1.165, 1.54) is 12.1 Å². The third-order valence-electron chi connectivity index (χ3n) is 3.17. The molecule has 0 N–H and O–H groups in total. The molecule has 90 valence electrons. The summed E-state index contributed by atoms with van der Waals surface area (Å²) in [4.78, 5) is 12.6. The summed E-state index contributed by atoms with van der Waals surface area (Å²) >= 11 is 0. The van der Waals surface area contributed by atoms with Crippen molar-refractivity contribution in [2.45, 2.75) is 16.7 Å². The van der Waals surface area contributed by atoms with E-state index in [2.05, 4.69) is 0 Å². The van der Waals surface area contributed by atoms with Crippen LogP contribution in [0.1, 0.15) is 21.5 Å². The first-order chi connectivity index (χ1) is 8.53. The molecule has 0 unspecified atom stereocenters. The fraction of sp³-hybridized carbons (Fsp3) is 0.0714. The minimum atomic E-state index is -3.58. The second kappa shape index (κ2) is 3.53. The Morgan fingerprint density at radius 1 is 0.889 bits per heavy atom. The standard InChI is InChI=1S/C14H10O3S/c1-9-5-4-8-12-13(9)14(15)10-6-2-3-7-11(10)18(12,16)17/h2-8H,1H3. The summed E-state index contributed by atoms with van der Waals surface area (Å²) in [5, 5.41) is 0. The molecule has 0 saturated heterocycles. The topological polar surface area (TPSA) is 51.2 Å². The van der Waals surface area contributed by atoms with Crippen LogP contribution in [-0.4, -0.2) is 14.2 Å². The van der Waals surface area contributed by atoms with Crippen LogP contribution in [0.5, 0.6) is 0 Å². The van der Waals surface area contributed by atoms with Crippen LogP contribution in [0.3, 0.4) is 0 Å². The zero-order chi connectivity index (χ0) is 12.9. The first kappa shape index (κ1) is 11.2. The molecule has 18 heavy (non-hydrogen) atoms. The van der Waals surface area contributed by atoms with E-state index in [0.29, 0.717) is 11.1 Å². The molecule has 0 saturated carbocycles. The molecule has 4 heteroatoms. The number of carbonyl (C=O) groups excluding carboxylic acids is 1. The molecule has 3 nitrogen and oxygen atoms in total. The smallest absolute Gasteiger partial charge is 0.208 e. The predicted octanol–water partition coefficient (Wildman–Crippen LogP) is 2.37. The fourth-order valence-corrected chi connectivity index (χ4v) is 4.02. The Kier molecular flexibility index (Phi) is 2.19. The minimum absolute atomic E-state index is 0.105. The van der Waals surface area contributed by atoms with Gasteiger partial charge in [-0.25, -0.2) is 8.42 Å². The van der Waals surface area contributed by atoms with Crippen LogP contribution < -0.4 is 0 Å². The molecule has 0 amide bonds. The number of rotatable bonds is 0. The highest BCUT2D eigenvalue weighted by Crippen LogP contribution is 2.35. The van der Waals surface area contributed by atoms with Gasteiger partial charge < -0.3 is 0 Å². The van der Waals surface area contributed by atoms with E-state index in [1.807, 2.05) is 0 Å². The van der Waals surface area contributed by atoms with Gasteiger partial charge in [-0.3, -0.25) is 4.79 Å². The molecule has 0 spiro atoms. The van der Waals surface area contributed by atoms with Crippen molar-refractivity contribution in [2.75, 3.05) is 0 Å². The van der Waals surface area contributed by atoms with Gasteiger partial charge >= 0.3 is 0 Å². The summed E-state index contributed by atoms with van der Waals surface area (Å²) in [5.41, 5.74) is 1.26. The molecule has 2 aromatic carbocycles. The highest BCUT2D eigenvalue weighted by molar-refractivity contribution is 7.91. The Morgan fingerprint density at radius 2 is 1.56 bits per heavy atom. The normalized spacial score (nSPS) is 15.9. The average Bonchev–Trinajstić information content (AvgIpc) is 2.36.